The van der Waals surface area contributed by atoms with Crippen molar-refractivity contribution in [1.82, 2.24) is 14.5 Å². The van der Waals surface area contributed by atoms with Crippen LogP contribution in [0.2, 0.25) is 5.02 Å². The molecule has 0 unspecified atom stereocenters. The van der Waals surface area contributed by atoms with Crippen molar-refractivity contribution < 1.29 is 9.18 Å². The van der Waals surface area contributed by atoms with Crippen molar-refractivity contribution in [2.24, 2.45) is 0 Å². The summed E-state index contributed by atoms with van der Waals surface area (Å²) in [6, 6.07) is 8.84. The second-order valence-electron chi connectivity index (χ2n) is 6.54. The van der Waals surface area contributed by atoms with Gasteiger partial charge in [-0.15, -0.1) is 0 Å². The summed E-state index contributed by atoms with van der Waals surface area (Å²) in [4.78, 5) is 22.2. The maximum absolute atomic E-state index is 13.3. The van der Waals surface area contributed by atoms with E-state index in [0.717, 1.165) is 5.69 Å². The van der Waals surface area contributed by atoms with Crippen LogP contribution in [0.4, 0.5) is 10.1 Å². The number of benzene rings is 1. The lowest BCUT2D eigenvalue weighted by atomic mass is 10.1. The quantitative estimate of drug-likeness (QED) is 0.597. The van der Waals surface area contributed by atoms with Crippen LogP contribution >= 0.6 is 11.6 Å². The van der Waals surface area contributed by atoms with Gasteiger partial charge in [0.05, 0.1) is 17.2 Å². The molecule has 4 rings (SSSR count). The van der Waals surface area contributed by atoms with Gasteiger partial charge in [-0.1, -0.05) is 23.7 Å². The molecule has 1 fully saturated rings. The maximum atomic E-state index is 13.3. The van der Waals surface area contributed by atoms with Gasteiger partial charge in [0.2, 0.25) is 0 Å². The Bertz CT molecular complexity index is 1050. The first-order valence-corrected chi connectivity index (χ1v) is 9.02. The Morgan fingerprint density at radius 2 is 1.96 bits per heavy atom. The number of pyridine rings is 1. The van der Waals surface area contributed by atoms with E-state index in [4.69, 9.17) is 18.2 Å². The molecule has 1 amide bonds. The van der Waals surface area contributed by atoms with E-state index < -0.39 is 6.17 Å². The number of alkyl halides is 1. The van der Waals surface area contributed by atoms with Crippen LogP contribution in [0.5, 0.6) is 0 Å². The first kappa shape index (κ1) is 17.5. The molecule has 1 saturated heterocycles. The van der Waals surface area contributed by atoms with Crippen molar-refractivity contribution in [3.63, 3.8) is 0 Å². The van der Waals surface area contributed by atoms with Gasteiger partial charge in [-0.25, -0.2) is 14.2 Å². The summed E-state index contributed by atoms with van der Waals surface area (Å²) in [5, 5.41) is 1.17. The second-order valence-corrected chi connectivity index (χ2v) is 6.94. The number of hydrogen-bond donors (Lipinski definition) is 0. The fourth-order valence-electron chi connectivity index (χ4n) is 3.30. The van der Waals surface area contributed by atoms with Gasteiger partial charge in [0, 0.05) is 36.6 Å². The number of piperidine rings is 1. The molecule has 0 saturated carbocycles. The van der Waals surface area contributed by atoms with Crippen LogP contribution < -0.4 is 0 Å². The molecule has 1 aromatic carbocycles. The number of halogens is 2. The lowest BCUT2D eigenvalue weighted by Gasteiger charge is -2.28. The van der Waals surface area contributed by atoms with Crippen LogP contribution in [0, 0.1) is 6.57 Å². The van der Waals surface area contributed by atoms with E-state index in [2.05, 4.69) is 9.83 Å². The van der Waals surface area contributed by atoms with Crippen LogP contribution in [0.25, 0.3) is 21.6 Å². The molecule has 5 nitrogen and oxygen atoms in total. The normalized spacial score (nSPS) is 15.1. The average molecular weight is 383 g/mol. The largest absolute Gasteiger partial charge is 0.338 e. The number of nitrogens with zero attached hydrogens (tertiary/aromatic N) is 4. The smallest absolute Gasteiger partial charge is 0.255 e. The monoisotopic (exact) mass is 382 g/mol. The first-order chi connectivity index (χ1) is 13.1. The molecular formula is C20H16ClFN4O. The van der Waals surface area contributed by atoms with Gasteiger partial charge in [0.15, 0.2) is 5.69 Å². The highest BCUT2D eigenvalue weighted by Crippen LogP contribution is 2.29. The van der Waals surface area contributed by atoms with E-state index in [-0.39, 0.29) is 5.91 Å². The van der Waals surface area contributed by atoms with Crippen molar-refractivity contribution in [1.29, 1.82) is 0 Å². The SMILES string of the molecule is [C-]#[N+]c1ccc(-n2cc(Cl)c3cc(C(=O)N4CCC(F)CC4)cnc32)cc1. The van der Waals surface area contributed by atoms with Crippen LogP contribution in [-0.4, -0.2) is 39.6 Å². The number of hydrogen-bond acceptors (Lipinski definition) is 2. The molecule has 0 atom stereocenters. The molecule has 0 aliphatic carbocycles. The average Bonchev–Trinajstić information content (AvgIpc) is 3.04. The molecular weight excluding hydrogens is 367 g/mol. The molecule has 0 N–H and O–H groups in total. The van der Waals surface area contributed by atoms with Gasteiger partial charge in [-0.2, -0.15) is 0 Å². The van der Waals surface area contributed by atoms with Crippen molar-refractivity contribution in [2.45, 2.75) is 19.0 Å². The summed E-state index contributed by atoms with van der Waals surface area (Å²) >= 11 is 6.38. The van der Waals surface area contributed by atoms with E-state index in [1.54, 1.807) is 29.3 Å². The molecule has 7 heteroatoms. The van der Waals surface area contributed by atoms with Crippen LogP contribution in [0.1, 0.15) is 23.2 Å². The summed E-state index contributed by atoms with van der Waals surface area (Å²) in [5.41, 5.74) is 2.47. The third kappa shape index (κ3) is 3.26. The van der Waals surface area contributed by atoms with E-state index >= 15 is 0 Å². The van der Waals surface area contributed by atoms with Crippen LogP contribution in [0.3, 0.4) is 0 Å². The topological polar surface area (TPSA) is 42.5 Å². The molecule has 0 bridgehead atoms. The number of likely N-dealkylation sites (tertiary alicyclic amines) is 1. The van der Waals surface area contributed by atoms with E-state index in [9.17, 15) is 9.18 Å². The van der Waals surface area contributed by atoms with Crippen molar-refractivity contribution in [3.8, 4) is 5.69 Å². The summed E-state index contributed by atoms with van der Waals surface area (Å²) in [6.45, 7) is 7.88. The number of carbonyl (C=O) groups excluding carboxylic acids is 1. The number of fused-ring (bicyclic) bond motifs is 1. The predicted molar refractivity (Wildman–Crippen MR) is 102 cm³/mol. The fourth-order valence-corrected chi connectivity index (χ4v) is 3.54. The molecule has 0 spiro atoms. The minimum atomic E-state index is -0.827. The molecule has 27 heavy (non-hydrogen) atoms. The van der Waals surface area contributed by atoms with Crippen LogP contribution in [-0.2, 0) is 0 Å². The Morgan fingerprint density at radius 3 is 2.63 bits per heavy atom. The highest BCUT2D eigenvalue weighted by molar-refractivity contribution is 6.35. The van der Waals surface area contributed by atoms with Gasteiger partial charge in [-0.05, 0) is 31.0 Å². The summed E-state index contributed by atoms with van der Waals surface area (Å²) in [5.74, 6) is -0.151. The highest BCUT2D eigenvalue weighted by Gasteiger charge is 2.24. The Labute approximate surface area is 160 Å². The molecule has 1 aliphatic heterocycles. The van der Waals surface area contributed by atoms with Crippen molar-refractivity contribution in [3.05, 3.63) is 64.7 Å². The summed E-state index contributed by atoms with van der Waals surface area (Å²) in [6.07, 6.45) is 3.20. The molecule has 3 heterocycles. The first-order valence-electron chi connectivity index (χ1n) is 8.64. The lowest BCUT2D eigenvalue weighted by molar-refractivity contribution is 0.0667. The Morgan fingerprint density at radius 1 is 1.26 bits per heavy atom. The minimum Gasteiger partial charge on any atom is -0.338 e. The number of aromatic nitrogens is 2. The predicted octanol–water partition coefficient (Wildman–Crippen LogP) is 4.80. The third-order valence-electron chi connectivity index (χ3n) is 4.81. The van der Waals surface area contributed by atoms with Gasteiger partial charge in [0.25, 0.3) is 5.91 Å². The van der Waals surface area contributed by atoms with Gasteiger partial charge < -0.3 is 4.90 Å². The third-order valence-corrected chi connectivity index (χ3v) is 5.11. The van der Waals surface area contributed by atoms with E-state index in [0.29, 0.717) is 53.2 Å². The van der Waals surface area contributed by atoms with Gasteiger partial charge in [0.1, 0.15) is 11.8 Å². The molecule has 2 aromatic heterocycles. The second kappa shape index (κ2) is 7.01. The molecule has 3 aromatic rings. The molecule has 1 aliphatic rings. The summed E-state index contributed by atoms with van der Waals surface area (Å²) < 4.78 is 15.1. The Balaban J connectivity index is 1.68. The molecule has 136 valence electrons. The van der Waals surface area contributed by atoms with Gasteiger partial charge in [-0.3, -0.25) is 9.36 Å². The Hall–Kier alpha value is -2.91. The Kier molecular flexibility index (Phi) is 4.54. The maximum Gasteiger partial charge on any atom is 0.255 e. The zero-order valence-electron chi connectivity index (χ0n) is 14.4. The van der Waals surface area contributed by atoms with Crippen molar-refractivity contribution >= 4 is 34.2 Å². The van der Waals surface area contributed by atoms with E-state index in [1.807, 2.05) is 16.7 Å². The molecule has 0 radical (unpaired) electrons. The number of carbonyl (C=O) groups is 1. The highest BCUT2D eigenvalue weighted by atomic mass is 35.5. The lowest BCUT2D eigenvalue weighted by Crippen LogP contribution is -2.39. The minimum absolute atomic E-state index is 0.151. The van der Waals surface area contributed by atoms with Crippen LogP contribution in [0.15, 0.2) is 42.7 Å². The number of rotatable bonds is 2. The van der Waals surface area contributed by atoms with Crippen molar-refractivity contribution in [2.75, 3.05) is 13.1 Å². The number of amides is 1. The summed E-state index contributed by atoms with van der Waals surface area (Å²) in [7, 11) is 0. The fraction of sp³-hybridized carbons (Fsp3) is 0.250. The zero-order valence-corrected chi connectivity index (χ0v) is 15.2. The standard InChI is InChI=1S/C20H16ClFN4O/c1-23-15-2-4-16(5-3-15)26-12-18(21)17-10-13(11-24-19(17)26)20(27)25-8-6-14(22)7-9-25/h2-5,10-12,14H,6-9H2. The van der Waals surface area contributed by atoms with Gasteiger partial charge >= 0.3 is 0 Å². The van der Waals surface area contributed by atoms with E-state index in [1.165, 1.54) is 6.20 Å². The zero-order chi connectivity index (χ0) is 19.0.